The zero-order valence-corrected chi connectivity index (χ0v) is 9.56. The van der Waals surface area contributed by atoms with E-state index in [1.54, 1.807) is 31.3 Å². The van der Waals surface area contributed by atoms with Crippen LogP contribution in [-0.2, 0) is 4.79 Å². The lowest BCUT2D eigenvalue weighted by Crippen LogP contribution is -2.39. The van der Waals surface area contributed by atoms with E-state index in [4.69, 9.17) is 0 Å². The van der Waals surface area contributed by atoms with Crippen molar-refractivity contribution in [3.8, 4) is 0 Å². The van der Waals surface area contributed by atoms with E-state index in [0.29, 0.717) is 18.7 Å². The molecular weight excluding hydrogens is 204 g/mol. The van der Waals surface area contributed by atoms with Crippen LogP contribution in [0.1, 0.15) is 17.3 Å². The molecule has 16 heavy (non-hydrogen) atoms. The van der Waals surface area contributed by atoms with E-state index in [9.17, 15) is 9.59 Å². The van der Waals surface area contributed by atoms with Crippen molar-refractivity contribution in [2.45, 2.75) is 6.92 Å². The maximum atomic E-state index is 12.0. The van der Waals surface area contributed by atoms with Crippen molar-refractivity contribution >= 4 is 11.8 Å². The summed E-state index contributed by atoms with van der Waals surface area (Å²) in [5, 5.41) is 2.91. The summed E-state index contributed by atoms with van der Waals surface area (Å²) in [5.74, 6) is -0.479. The molecule has 0 atom stereocenters. The second-order valence-electron chi connectivity index (χ2n) is 3.45. The number of nitrogens with zero attached hydrogens (tertiary/aromatic N) is 1. The van der Waals surface area contributed by atoms with Gasteiger partial charge in [0.15, 0.2) is 0 Å². The number of carbonyl (C=O) groups excluding carboxylic acids is 2. The van der Waals surface area contributed by atoms with Gasteiger partial charge in [0.05, 0.1) is 0 Å². The van der Waals surface area contributed by atoms with Crippen molar-refractivity contribution in [2.24, 2.45) is 0 Å². The Hall–Kier alpha value is -1.68. The molecule has 0 aromatic heterocycles. The monoisotopic (exact) mass is 220 g/mol. The predicted octanol–water partition coefficient (Wildman–Crippen LogP) is 0.895. The minimum atomic E-state index is -0.247. The van der Waals surface area contributed by atoms with Crippen LogP contribution in [0.2, 0.25) is 0 Å². The second kappa shape index (κ2) is 6.02. The molecule has 1 aromatic carbocycles. The van der Waals surface area contributed by atoms with E-state index in [0.717, 1.165) is 0 Å². The Labute approximate surface area is 95.3 Å². The molecule has 1 rings (SSSR count). The Balaban J connectivity index is 2.79. The van der Waals surface area contributed by atoms with Crippen LogP contribution in [-0.4, -0.2) is 36.9 Å². The Bertz CT molecular complexity index is 363. The highest BCUT2D eigenvalue weighted by atomic mass is 16.2. The highest BCUT2D eigenvalue weighted by Gasteiger charge is 2.18. The second-order valence-corrected chi connectivity index (χ2v) is 3.45. The summed E-state index contributed by atoms with van der Waals surface area (Å²) in [4.78, 5) is 24.6. The van der Waals surface area contributed by atoms with Gasteiger partial charge in [-0.1, -0.05) is 18.2 Å². The molecule has 0 radical (unpaired) electrons. The number of imide groups is 1. The third-order valence-corrected chi connectivity index (χ3v) is 2.23. The van der Waals surface area contributed by atoms with Crippen molar-refractivity contribution in [1.82, 2.24) is 10.2 Å². The van der Waals surface area contributed by atoms with Crippen LogP contribution in [0.25, 0.3) is 0 Å². The molecule has 0 aliphatic rings. The van der Waals surface area contributed by atoms with Crippen LogP contribution in [0, 0.1) is 0 Å². The van der Waals surface area contributed by atoms with Gasteiger partial charge < -0.3 is 5.32 Å². The van der Waals surface area contributed by atoms with Crippen LogP contribution < -0.4 is 5.32 Å². The molecule has 1 N–H and O–H groups in total. The van der Waals surface area contributed by atoms with Crippen molar-refractivity contribution in [3.05, 3.63) is 35.9 Å². The number of nitrogens with one attached hydrogen (secondary N) is 1. The van der Waals surface area contributed by atoms with E-state index in [1.807, 2.05) is 6.07 Å². The number of hydrogen-bond acceptors (Lipinski definition) is 3. The fourth-order valence-corrected chi connectivity index (χ4v) is 1.36. The van der Waals surface area contributed by atoms with Gasteiger partial charge in [-0.25, -0.2) is 0 Å². The van der Waals surface area contributed by atoms with Crippen molar-refractivity contribution in [3.63, 3.8) is 0 Å². The average Bonchev–Trinajstić information content (AvgIpc) is 2.30. The zero-order chi connectivity index (χ0) is 12.0. The molecule has 0 heterocycles. The predicted molar refractivity (Wildman–Crippen MR) is 62.1 cm³/mol. The summed E-state index contributed by atoms with van der Waals surface area (Å²) in [7, 11) is 1.78. The van der Waals surface area contributed by atoms with Crippen LogP contribution in [0.15, 0.2) is 30.3 Å². The van der Waals surface area contributed by atoms with Crippen LogP contribution in [0.4, 0.5) is 0 Å². The molecule has 0 aliphatic carbocycles. The molecule has 1 aromatic rings. The first-order valence-corrected chi connectivity index (χ1v) is 5.19. The highest BCUT2D eigenvalue weighted by molar-refractivity contribution is 6.04. The summed E-state index contributed by atoms with van der Waals surface area (Å²) in [6, 6.07) is 8.81. The van der Waals surface area contributed by atoms with E-state index in [2.05, 4.69) is 5.32 Å². The lowest BCUT2D eigenvalue weighted by atomic mass is 10.2. The number of hydrogen-bond donors (Lipinski definition) is 1. The molecular formula is C12H16N2O2. The SMILES string of the molecule is CNCCN(C(C)=O)C(=O)c1ccccc1. The molecule has 0 fully saturated rings. The Kier molecular flexibility index (Phi) is 4.66. The van der Waals surface area contributed by atoms with Gasteiger partial charge in [-0.15, -0.1) is 0 Å². The number of rotatable bonds is 4. The van der Waals surface area contributed by atoms with Crippen LogP contribution in [0.3, 0.4) is 0 Å². The molecule has 0 unspecified atom stereocenters. The fraction of sp³-hybridized carbons (Fsp3) is 0.333. The number of benzene rings is 1. The zero-order valence-electron chi connectivity index (χ0n) is 9.56. The first kappa shape index (κ1) is 12.4. The minimum absolute atomic E-state index is 0.232. The summed E-state index contributed by atoms with van der Waals surface area (Å²) < 4.78 is 0. The van der Waals surface area contributed by atoms with Gasteiger partial charge in [-0.3, -0.25) is 14.5 Å². The maximum Gasteiger partial charge on any atom is 0.260 e. The van der Waals surface area contributed by atoms with E-state index >= 15 is 0 Å². The van der Waals surface area contributed by atoms with Gasteiger partial charge in [0.2, 0.25) is 5.91 Å². The van der Waals surface area contributed by atoms with Crippen molar-refractivity contribution in [2.75, 3.05) is 20.1 Å². The van der Waals surface area contributed by atoms with Gasteiger partial charge in [-0.2, -0.15) is 0 Å². The lowest BCUT2D eigenvalue weighted by Gasteiger charge is -2.18. The summed E-state index contributed by atoms with van der Waals surface area (Å²) in [6.07, 6.45) is 0. The molecule has 4 heteroatoms. The third kappa shape index (κ3) is 3.17. The normalized spacial score (nSPS) is 9.88. The third-order valence-electron chi connectivity index (χ3n) is 2.23. The van der Waals surface area contributed by atoms with Crippen LogP contribution >= 0.6 is 0 Å². The van der Waals surface area contributed by atoms with E-state index < -0.39 is 0 Å². The smallest absolute Gasteiger partial charge is 0.260 e. The summed E-state index contributed by atoms with van der Waals surface area (Å²) in [6.45, 7) is 2.38. The molecule has 2 amide bonds. The topological polar surface area (TPSA) is 49.4 Å². The van der Waals surface area contributed by atoms with Gasteiger partial charge in [0.1, 0.15) is 0 Å². The molecule has 0 saturated carbocycles. The molecule has 86 valence electrons. The Morgan fingerprint density at radius 3 is 2.38 bits per heavy atom. The fourth-order valence-electron chi connectivity index (χ4n) is 1.36. The van der Waals surface area contributed by atoms with Crippen molar-refractivity contribution < 1.29 is 9.59 Å². The minimum Gasteiger partial charge on any atom is -0.318 e. The number of carbonyl (C=O) groups is 2. The quantitative estimate of drug-likeness (QED) is 0.820. The lowest BCUT2D eigenvalue weighted by molar-refractivity contribution is -0.126. The highest BCUT2D eigenvalue weighted by Crippen LogP contribution is 2.04. The molecule has 4 nitrogen and oxygen atoms in total. The summed E-state index contributed by atoms with van der Waals surface area (Å²) >= 11 is 0. The van der Waals surface area contributed by atoms with Crippen molar-refractivity contribution in [1.29, 1.82) is 0 Å². The Morgan fingerprint density at radius 1 is 1.25 bits per heavy atom. The maximum absolute atomic E-state index is 12.0. The van der Waals surface area contributed by atoms with Crippen LogP contribution in [0.5, 0.6) is 0 Å². The number of likely N-dealkylation sites (N-methyl/N-ethyl adjacent to an activating group) is 1. The first-order valence-electron chi connectivity index (χ1n) is 5.19. The largest absolute Gasteiger partial charge is 0.318 e. The first-order chi connectivity index (χ1) is 7.66. The Morgan fingerprint density at radius 2 is 1.88 bits per heavy atom. The van der Waals surface area contributed by atoms with E-state index in [1.165, 1.54) is 11.8 Å². The molecule has 0 spiro atoms. The molecule has 0 bridgehead atoms. The van der Waals surface area contributed by atoms with Gasteiger partial charge >= 0.3 is 0 Å². The summed E-state index contributed by atoms with van der Waals surface area (Å²) in [5.41, 5.74) is 0.536. The van der Waals surface area contributed by atoms with Gasteiger partial charge in [0, 0.05) is 25.6 Å². The van der Waals surface area contributed by atoms with Gasteiger partial charge in [-0.05, 0) is 19.2 Å². The van der Waals surface area contributed by atoms with Gasteiger partial charge in [0.25, 0.3) is 5.91 Å². The molecule has 0 saturated heterocycles. The molecule has 0 aliphatic heterocycles. The average molecular weight is 220 g/mol. The van der Waals surface area contributed by atoms with E-state index in [-0.39, 0.29) is 11.8 Å². The number of amides is 2. The standard InChI is InChI=1S/C12H16N2O2/c1-10(15)14(9-8-13-2)12(16)11-6-4-3-5-7-11/h3-7,13H,8-9H2,1-2H3.